The predicted molar refractivity (Wildman–Crippen MR) is 88.5 cm³/mol. The van der Waals surface area contributed by atoms with E-state index in [2.05, 4.69) is 30.5 Å². The van der Waals surface area contributed by atoms with Gasteiger partial charge in [0.2, 0.25) is 0 Å². The molecule has 0 saturated heterocycles. The Morgan fingerprint density at radius 1 is 1.31 bits per heavy atom. The first-order valence-corrected chi connectivity index (χ1v) is 8.67. The summed E-state index contributed by atoms with van der Waals surface area (Å²) in [6, 6.07) is 5.97. The standard InChI is InChI=1S/C14H15F2N7O2S/c1-2-7-22-13(24)18-19-14(22)26-8-11-17-20-21-23(11)9-3-5-10(6-4-9)25-12(15)16/h3-6,12H,2,7-8H2,1H3,(H,18,24). The van der Waals surface area contributed by atoms with Crippen LogP contribution in [0.3, 0.4) is 0 Å². The maximum atomic E-state index is 12.2. The van der Waals surface area contributed by atoms with Crippen molar-refractivity contribution in [3.63, 3.8) is 0 Å². The minimum atomic E-state index is -2.88. The molecular formula is C14H15F2N7O2S. The largest absolute Gasteiger partial charge is 0.435 e. The summed E-state index contributed by atoms with van der Waals surface area (Å²) < 4.78 is 31.8. The van der Waals surface area contributed by atoms with Gasteiger partial charge in [0.15, 0.2) is 11.0 Å². The van der Waals surface area contributed by atoms with Crippen LogP contribution in [0.2, 0.25) is 0 Å². The van der Waals surface area contributed by atoms with Gasteiger partial charge in [0.05, 0.1) is 11.4 Å². The van der Waals surface area contributed by atoms with E-state index in [0.717, 1.165) is 6.42 Å². The van der Waals surface area contributed by atoms with Crippen LogP contribution in [0.5, 0.6) is 5.75 Å². The number of nitrogens with one attached hydrogen (secondary N) is 1. The molecule has 1 N–H and O–H groups in total. The third-order valence-electron chi connectivity index (χ3n) is 3.34. The number of hydrogen-bond donors (Lipinski definition) is 1. The van der Waals surface area contributed by atoms with E-state index >= 15 is 0 Å². The van der Waals surface area contributed by atoms with Crippen molar-refractivity contribution >= 4 is 11.8 Å². The second-order valence-corrected chi connectivity index (χ2v) is 6.07. The highest BCUT2D eigenvalue weighted by atomic mass is 32.2. The number of rotatable bonds is 8. The summed E-state index contributed by atoms with van der Waals surface area (Å²) in [4.78, 5) is 11.7. The molecule has 0 spiro atoms. The molecule has 12 heteroatoms. The number of hydrogen-bond acceptors (Lipinski definition) is 7. The molecule has 0 atom stereocenters. The van der Waals surface area contributed by atoms with E-state index in [-0.39, 0.29) is 11.4 Å². The van der Waals surface area contributed by atoms with Crippen molar-refractivity contribution in [2.24, 2.45) is 0 Å². The lowest BCUT2D eigenvalue weighted by atomic mass is 10.3. The monoisotopic (exact) mass is 383 g/mol. The molecule has 138 valence electrons. The van der Waals surface area contributed by atoms with Gasteiger partial charge in [-0.1, -0.05) is 18.7 Å². The van der Waals surface area contributed by atoms with Crippen LogP contribution in [0, 0.1) is 0 Å². The lowest BCUT2D eigenvalue weighted by molar-refractivity contribution is -0.0498. The maximum Gasteiger partial charge on any atom is 0.387 e. The zero-order valence-corrected chi connectivity index (χ0v) is 14.5. The fourth-order valence-electron chi connectivity index (χ4n) is 2.23. The highest BCUT2D eigenvalue weighted by molar-refractivity contribution is 7.98. The summed E-state index contributed by atoms with van der Waals surface area (Å²) in [6.45, 7) is -0.347. The minimum Gasteiger partial charge on any atom is -0.435 e. The Kier molecular flexibility index (Phi) is 5.61. The first kappa shape index (κ1) is 18.0. The highest BCUT2D eigenvalue weighted by Gasteiger charge is 2.13. The molecule has 26 heavy (non-hydrogen) atoms. The molecule has 2 heterocycles. The van der Waals surface area contributed by atoms with E-state index in [1.54, 1.807) is 16.7 Å². The summed E-state index contributed by atoms with van der Waals surface area (Å²) in [5.41, 5.74) is 0.337. The maximum absolute atomic E-state index is 12.2. The average molecular weight is 383 g/mol. The normalized spacial score (nSPS) is 11.2. The van der Waals surface area contributed by atoms with Crippen LogP contribution in [-0.2, 0) is 12.3 Å². The Bertz CT molecular complexity index is 907. The molecule has 0 bridgehead atoms. The average Bonchev–Trinajstić information content (AvgIpc) is 3.21. The molecule has 3 rings (SSSR count). The summed E-state index contributed by atoms with van der Waals surface area (Å²) in [5.74, 6) is 0.944. The lowest BCUT2D eigenvalue weighted by Crippen LogP contribution is -2.17. The van der Waals surface area contributed by atoms with Crippen molar-refractivity contribution in [1.82, 2.24) is 35.0 Å². The molecular weight excluding hydrogens is 368 g/mol. The van der Waals surface area contributed by atoms with Crippen molar-refractivity contribution in [3.05, 3.63) is 40.6 Å². The van der Waals surface area contributed by atoms with Crippen molar-refractivity contribution in [2.45, 2.75) is 37.4 Å². The van der Waals surface area contributed by atoms with Gasteiger partial charge in [-0.05, 0) is 41.1 Å². The van der Waals surface area contributed by atoms with E-state index in [1.807, 2.05) is 6.92 Å². The van der Waals surface area contributed by atoms with E-state index < -0.39 is 6.61 Å². The summed E-state index contributed by atoms with van der Waals surface area (Å²) in [6.07, 6.45) is 0.803. The molecule has 3 aromatic rings. The Morgan fingerprint density at radius 3 is 2.77 bits per heavy atom. The molecule has 0 aliphatic carbocycles. The second-order valence-electron chi connectivity index (χ2n) is 5.13. The Hall–Kier alpha value is -2.76. The Balaban J connectivity index is 1.74. The summed E-state index contributed by atoms with van der Waals surface area (Å²) in [5, 5.41) is 18.5. The van der Waals surface area contributed by atoms with Gasteiger partial charge in [0, 0.05) is 6.54 Å². The van der Waals surface area contributed by atoms with Gasteiger partial charge in [-0.3, -0.25) is 4.57 Å². The number of thioether (sulfide) groups is 1. The van der Waals surface area contributed by atoms with Gasteiger partial charge in [-0.2, -0.15) is 13.5 Å². The van der Waals surface area contributed by atoms with Gasteiger partial charge in [0.1, 0.15) is 5.75 Å². The Morgan fingerprint density at radius 2 is 2.08 bits per heavy atom. The molecule has 0 radical (unpaired) electrons. The van der Waals surface area contributed by atoms with E-state index in [9.17, 15) is 13.6 Å². The quantitative estimate of drug-likeness (QED) is 0.592. The van der Waals surface area contributed by atoms with Crippen molar-refractivity contribution < 1.29 is 13.5 Å². The fraction of sp³-hybridized carbons (Fsp3) is 0.357. The third-order valence-corrected chi connectivity index (χ3v) is 4.31. The summed E-state index contributed by atoms with van der Waals surface area (Å²) in [7, 11) is 0. The highest BCUT2D eigenvalue weighted by Crippen LogP contribution is 2.21. The molecule has 0 saturated carbocycles. The molecule has 2 aromatic heterocycles. The van der Waals surface area contributed by atoms with Gasteiger partial charge in [-0.15, -0.1) is 10.2 Å². The van der Waals surface area contributed by atoms with Gasteiger partial charge in [0.25, 0.3) is 0 Å². The van der Waals surface area contributed by atoms with Gasteiger partial charge < -0.3 is 4.74 Å². The number of aromatic amines is 1. The number of tetrazole rings is 1. The number of nitrogens with zero attached hydrogens (tertiary/aromatic N) is 6. The zero-order chi connectivity index (χ0) is 18.5. The molecule has 0 amide bonds. The first-order chi connectivity index (χ1) is 12.6. The van der Waals surface area contributed by atoms with Crippen LogP contribution in [0.1, 0.15) is 19.2 Å². The van der Waals surface area contributed by atoms with Gasteiger partial charge in [-0.25, -0.2) is 9.89 Å². The van der Waals surface area contributed by atoms with Crippen LogP contribution >= 0.6 is 11.8 Å². The number of aromatic nitrogens is 7. The second kappa shape index (κ2) is 8.08. The molecule has 0 unspecified atom stereocenters. The smallest absolute Gasteiger partial charge is 0.387 e. The Labute approximate surface area is 150 Å². The minimum absolute atomic E-state index is 0.0489. The summed E-state index contributed by atoms with van der Waals surface area (Å²) >= 11 is 1.32. The van der Waals surface area contributed by atoms with E-state index in [0.29, 0.717) is 29.0 Å². The number of benzene rings is 1. The van der Waals surface area contributed by atoms with E-state index in [1.165, 1.54) is 28.6 Å². The van der Waals surface area contributed by atoms with Crippen LogP contribution < -0.4 is 10.4 Å². The number of halogens is 2. The van der Waals surface area contributed by atoms with Crippen molar-refractivity contribution in [1.29, 1.82) is 0 Å². The third kappa shape index (κ3) is 4.07. The molecule has 1 aromatic carbocycles. The number of alkyl halides is 2. The van der Waals surface area contributed by atoms with Gasteiger partial charge >= 0.3 is 12.3 Å². The van der Waals surface area contributed by atoms with Crippen LogP contribution in [-0.4, -0.2) is 41.6 Å². The molecule has 0 aliphatic heterocycles. The van der Waals surface area contributed by atoms with E-state index in [4.69, 9.17) is 0 Å². The lowest BCUT2D eigenvalue weighted by Gasteiger charge is -2.07. The van der Waals surface area contributed by atoms with Crippen LogP contribution in [0.4, 0.5) is 8.78 Å². The number of ether oxygens (including phenoxy) is 1. The molecule has 0 aliphatic rings. The zero-order valence-electron chi connectivity index (χ0n) is 13.7. The topological polar surface area (TPSA) is 104 Å². The first-order valence-electron chi connectivity index (χ1n) is 7.69. The van der Waals surface area contributed by atoms with Crippen LogP contribution in [0.25, 0.3) is 5.69 Å². The molecule has 0 fully saturated rings. The van der Waals surface area contributed by atoms with Crippen molar-refractivity contribution in [2.75, 3.05) is 0 Å². The predicted octanol–water partition coefficient (Wildman–Crippen LogP) is 1.85. The molecule has 9 nitrogen and oxygen atoms in total. The fourth-order valence-corrected chi connectivity index (χ4v) is 3.11. The number of H-pyrrole nitrogens is 1. The SMILES string of the molecule is CCCn1c(SCc2nnnn2-c2ccc(OC(F)F)cc2)n[nH]c1=O. The van der Waals surface area contributed by atoms with Crippen molar-refractivity contribution in [3.8, 4) is 11.4 Å². The van der Waals surface area contributed by atoms with Crippen LogP contribution in [0.15, 0.2) is 34.2 Å².